The van der Waals surface area contributed by atoms with E-state index in [9.17, 15) is 0 Å². The number of aromatic nitrogens is 3. The third-order valence-electron chi connectivity index (χ3n) is 5.49. The number of hydrogen-bond donors (Lipinski definition) is 0. The maximum atomic E-state index is 5.68. The number of nitrogens with zero attached hydrogens (tertiary/aromatic N) is 5. The molecule has 0 spiro atoms. The van der Waals surface area contributed by atoms with Crippen LogP contribution in [0.3, 0.4) is 0 Å². The second kappa shape index (κ2) is 6.81. The molecule has 2 aromatic rings. The molecule has 0 saturated carbocycles. The Bertz CT molecular complexity index is 917. The van der Waals surface area contributed by atoms with Crippen molar-refractivity contribution in [1.29, 1.82) is 0 Å². The minimum atomic E-state index is 0.315. The summed E-state index contributed by atoms with van der Waals surface area (Å²) in [5.41, 5.74) is 3.45. The number of piperidine rings is 1. The van der Waals surface area contributed by atoms with Crippen molar-refractivity contribution in [3.63, 3.8) is 0 Å². The van der Waals surface area contributed by atoms with Gasteiger partial charge in [0.15, 0.2) is 17.3 Å². The van der Waals surface area contributed by atoms with E-state index in [2.05, 4.69) is 39.0 Å². The maximum Gasteiger partial charge on any atom is 0.231 e. The predicted molar refractivity (Wildman–Crippen MR) is 102 cm³/mol. The first kappa shape index (κ1) is 16.5. The van der Waals surface area contributed by atoms with Crippen molar-refractivity contribution in [2.24, 2.45) is 10.9 Å². The lowest BCUT2D eigenvalue weighted by atomic mass is 9.93. The number of para-hydroxylation sites is 1. The summed E-state index contributed by atoms with van der Waals surface area (Å²) in [7, 11) is 0. The molecule has 0 amide bonds. The van der Waals surface area contributed by atoms with Crippen molar-refractivity contribution < 1.29 is 9.47 Å². The van der Waals surface area contributed by atoms with E-state index in [0.29, 0.717) is 19.3 Å². The molecule has 3 aliphatic rings. The first-order valence-electron chi connectivity index (χ1n) is 9.49. The molecule has 5 rings (SSSR count). The van der Waals surface area contributed by atoms with E-state index in [1.54, 1.807) is 6.33 Å². The number of fused-ring (bicyclic) bond motifs is 2. The molecule has 1 aromatic carbocycles. The lowest BCUT2D eigenvalue weighted by Crippen LogP contribution is -2.36. The predicted octanol–water partition coefficient (Wildman–Crippen LogP) is 2.73. The lowest BCUT2D eigenvalue weighted by molar-refractivity contribution is 0.167. The van der Waals surface area contributed by atoms with E-state index in [1.165, 1.54) is 11.3 Å². The van der Waals surface area contributed by atoms with Crippen LogP contribution in [0, 0.1) is 5.92 Å². The topological polar surface area (TPSA) is 64.8 Å². The Kier molecular flexibility index (Phi) is 4.16. The molecule has 1 atom stereocenters. The molecule has 0 aliphatic carbocycles. The number of ether oxygens (including phenoxy) is 2. The fourth-order valence-electron chi connectivity index (χ4n) is 4.19. The van der Waals surface area contributed by atoms with E-state index in [4.69, 9.17) is 9.47 Å². The molecule has 3 aliphatic heterocycles. The zero-order chi connectivity index (χ0) is 18.2. The molecule has 0 N–H and O–H groups in total. The van der Waals surface area contributed by atoms with Crippen LogP contribution in [0.2, 0.25) is 0 Å². The van der Waals surface area contributed by atoms with E-state index in [1.807, 2.05) is 16.8 Å². The van der Waals surface area contributed by atoms with Crippen LogP contribution < -0.4 is 9.47 Å². The number of aliphatic imine (C=N–C) groups is 1. The van der Waals surface area contributed by atoms with Crippen LogP contribution in [-0.2, 0) is 13.1 Å². The molecule has 0 bridgehead atoms. The van der Waals surface area contributed by atoms with Crippen LogP contribution in [0.4, 0.5) is 0 Å². The molecule has 1 aromatic heterocycles. The molecule has 1 unspecified atom stereocenters. The zero-order valence-corrected chi connectivity index (χ0v) is 15.5. The minimum Gasteiger partial charge on any atom is -0.454 e. The summed E-state index contributed by atoms with van der Waals surface area (Å²) in [5.74, 6) is 3.08. The van der Waals surface area contributed by atoms with Crippen molar-refractivity contribution in [3.05, 3.63) is 42.0 Å². The number of allylic oxidation sites excluding steroid dienone is 1. The Morgan fingerprint density at radius 2 is 2.22 bits per heavy atom. The number of rotatable bonds is 3. The number of benzene rings is 1. The van der Waals surface area contributed by atoms with Gasteiger partial charge < -0.3 is 9.47 Å². The van der Waals surface area contributed by atoms with Gasteiger partial charge in [-0.3, -0.25) is 9.89 Å². The fourth-order valence-corrected chi connectivity index (χ4v) is 4.19. The molecule has 7 nitrogen and oxygen atoms in total. The Morgan fingerprint density at radius 1 is 1.26 bits per heavy atom. The summed E-state index contributed by atoms with van der Waals surface area (Å²) in [6, 6.07) is 6.14. The van der Waals surface area contributed by atoms with Crippen molar-refractivity contribution in [2.75, 3.05) is 19.9 Å². The van der Waals surface area contributed by atoms with Crippen molar-refractivity contribution >= 4 is 11.4 Å². The van der Waals surface area contributed by atoms with Gasteiger partial charge in [-0.05, 0) is 38.5 Å². The monoisotopic (exact) mass is 365 g/mol. The third kappa shape index (κ3) is 3.12. The first-order chi connectivity index (χ1) is 13.3. The highest BCUT2D eigenvalue weighted by atomic mass is 16.7. The number of likely N-dealkylation sites (tertiary alicyclic amines) is 1. The van der Waals surface area contributed by atoms with Gasteiger partial charge in [-0.1, -0.05) is 12.1 Å². The summed E-state index contributed by atoms with van der Waals surface area (Å²) < 4.78 is 13.2. The molecular formula is C20H23N5O2. The van der Waals surface area contributed by atoms with Crippen LogP contribution in [-0.4, -0.2) is 45.3 Å². The van der Waals surface area contributed by atoms with Crippen LogP contribution in [0.25, 0.3) is 5.70 Å². The average Bonchev–Trinajstić information content (AvgIpc) is 3.32. The van der Waals surface area contributed by atoms with Gasteiger partial charge >= 0.3 is 0 Å². The van der Waals surface area contributed by atoms with Crippen LogP contribution in [0.15, 0.2) is 35.6 Å². The highest BCUT2D eigenvalue weighted by Gasteiger charge is 2.28. The Balaban J connectivity index is 1.38. The molecule has 27 heavy (non-hydrogen) atoms. The van der Waals surface area contributed by atoms with Gasteiger partial charge in [0.2, 0.25) is 6.79 Å². The summed E-state index contributed by atoms with van der Waals surface area (Å²) in [6.07, 6.45) is 6.12. The van der Waals surface area contributed by atoms with Gasteiger partial charge in [-0.25, -0.2) is 9.67 Å². The Morgan fingerprint density at radius 3 is 3.19 bits per heavy atom. The second-order valence-corrected chi connectivity index (χ2v) is 7.34. The number of hydrogen-bond acceptors (Lipinski definition) is 6. The molecule has 0 radical (unpaired) electrons. The van der Waals surface area contributed by atoms with E-state index >= 15 is 0 Å². The lowest BCUT2D eigenvalue weighted by Gasteiger charge is -2.34. The third-order valence-corrected chi connectivity index (χ3v) is 5.49. The molecule has 7 heteroatoms. The standard InChI is InChI=1S/C20H23N5O2/c1-14-8-17(25-19(9-21-14)22-12-23-25)15-5-3-7-24(10-15)11-16-4-2-6-18-20(16)27-13-26-18/h2,4,6,8,12,15H,3,5,7,9-11,13H2,1H3. The summed E-state index contributed by atoms with van der Waals surface area (Å²) in [5, 5.41) is 4.47. The van der Waals surface area contributed by atoms with E-state index in [-0.39, 0.29) is 0 Å². The quantitative estimate of drug-likeness (QED) is 0.837. The summed E-state index contributed by atoms with van der Waals surface area (Å²) in [4.78, 5) is 11.5. The van der Waals surface area contributed by atoms with Crippen LogP contribution in [0.1, 0.15) is 31.2 Å². The molecule has 4 heterocycles. The molecule has 1 fully saturated rings. The first-order valence-corrected chi connectivity index (χ1v) is 9.49. The normalized spacial score (nSPS) is 22.0. The fraction of sp³-hybridized carbons (Fsp3) is 0.450. The van der Waals surface area contributed by atoms with Gasteiger partial charge in [0, 0.05) is 30.3 Å². The molecule has 1 saturated heterocycles. The van der Waals surface area contributed by atoms with Crippen molar-refractivity contribution in [1.82, 2.24) is 19.7 Å². The van der Waals surface area contributed by atoms with E-state index < -0.39 is 0 Å². The maximum absolute atomic E-state index is 5.68. The Hall–Kier alpha value is -2.67. The van der Waals surface area contributed by atoms with Gasteiger partial charge in [-0.15, -0.1) is 0 Å². The van der Waals surface area contributed by atoms with Crippen LogP contribution >= 0.6 is 0 Å². The van der Waals surface area contributed by atoms with Gasteiger partial charge in [-0.2, -0.15) is 5.10 Å². The van der Waals surface area contributed by atoms with E-state index in [0.717, 1.165) is 55.5 Å². The summed E-state index contributed by atoms with van der Waals surface area (Å²) >= 11 is 0. The van der Waals surface area contributed by atoms with Gasteiger partial charge in [0.1, 0.15) is 6.33 Å². The SMILES string of the molecule is CC1=NCc2ncnn2C(C2CCCN(Cc3cccc4c3OCO4)C2)=C1. The highest BCUT2D eigenvalue weighted by molar-refractivity contribution is 5.97. The van der Waals surface area contributed by atoms with Gasteiger partial charge in [0.25, 0.3) is 0 Å². The molecular weight excluding hydrogens is 342 g/mol. The minimum absolute atomic E-state index is 0.315. The zero-order valence-electron chi connectivity index (χ0n) is 15.5. The smallest absolute Gasteiger partial charge is 0.231 e. The van der Waals surface area contributed by atoms with Crippen molar-refractivity contribution in [3.8, 4) is 11.5 Å². The van der Waals surface area contributed by atoms with Crippen LogP contribution in [0.5, 0.6) is 11.5 Å². The summed E-state index contributed by atoms with van der Waals surface area (Å²) in [6.45, 7) is 5.91. The van der Waals surface area contributed by atoms with Crippen molar-refractivity contribution in [2.45, 2.75) is 32.9 Å². The Labute approximate surface area is 158 Å². The molecule has 140 valence electrons. The second-order valence-electron chi connectivity index (χ2n) is 7.34. The highest BCUT2D eigenvalue weighted by Crippen LogP contribution is 2.37. The average molecular weight is 365 g/mol. The largest absolute Gasteiger partial charge is 0.454 e. The van der Waals surface area contributed by atoms with Gasteiger partial charge in [0.05, 0.1) is 12.2 Å².